The minimum absolute atomic E-state index is 0.265. The molecule has 6 heteroatoms. The molecule has 0 saturated heterocycles. The van der Waals surface area contributed by atoms with Gasteiger partial charge in [0, 0.05) is 6.54 Å². The lowest BCUT2D eigenvalue weighted by Crippen LogP contribution is -2.32. The third kappa shape index (κ3) is 4.65. The van der Waals surface area contributed by atoms with Crippen LogP contribution in [0.1, 0.15) is 24.5 Å². The van der Waals surface area contributed by atoms with Crippen LogP contribution < -0.4 is 11.1 Å². The van der Waals surface area contributed by atoms with Crippen molar-refractivity contribution in [2.75, 3.05) is 6.54 Å². The molecule has 0 spiro atoms. The van der Waals surface area contributed by atoms with E-state index in [0.29, 0.717) is 11.5 Å². The number of aliphatic imine (C=N–C) groups is 1. The number of nitrogens with one attached hydrogen (secondary N) is 1. The molecule has 0 aliphatic heterocycles. The molecule has 0 radical (unpaired) electrons. The highest BCUT2D eigenvalue weighted by atomic mass is 19.4. The van der Waals surface area contributed by atoms with E-state index in [-0.39, 0.29) is 6.54 Å². The summed E-state index contributed by atoms with van der Waals surface area (Å²) in [7, 11) is 0. The number of nitrogens with two attached hydrogens (primary N) is 1. The Labute approximate surface area is 104 Å². The number of alkyl halides is 3. The molecule has 0 saturated carbocycles. The lowest BCUT2D eigenvalue weighted by Gasteiger charge is -2.07. The molecule has 1 rings (SSSR count). The van der Waals surface area contributed by atoms with E-state index in [0.717, 1.165) is 25.1 Å². The molecular formula is C12H16F3N3. The molecule has 0 unspecified atom stereocenters. The summed E-state index contributed by atoms with van der Waals surface area (Å²) in [5, 5.41) is 2.89. The minimum Gasteiger partial charge on any atom is -0.370 e. The van der Waals surface area contributed by atoms with Crippen LogP contribution in [-0.4, -0.2) is 12.5 Å². The molecule has 0 fully saturated rings. The second-order valence-electron chi connectivity index (χ2n) is 3.82. The number of benzene rings is 1. The van der Waals surface area contributed by atoms with Crippen LogP contribution in [0.15, 0.2) is 29.3 Å². The van der Waals surface area contributed by atoms with Crippen molar-refractivity contribution in [2.45, 2.75) is 26.1 Å². The first kappa shape index (κ1) is 14.3. The van der Waals surface area contributed by atoms with E-state index in [2.05, 4.69) is 10.3 Å². The lowest BCUT2D eigenvalue weighted by molar-refractivity contribution is -0.137. The lowest BCUT2D eigenvalue weighted by atomic mass is 10.1. The molecular weight excluding hydrogens is 243 g/mol. The van der Waals surface area contributed by atoms with Crippen molar-refractivity contribution in [1.29, 1.82) is 0 Å². The van der Waals surface area contributed by atoms with Crippen molar-refractivity contribution in [1.82, 2.24) is 5.32 Å². The van der Waals surface area contributed by atoms with Gasteiger partial charge < -0.3 is 11.1 Å². The molecule has 0 amide bonds. The summed E-state index contributed by atoms with van der Waals surface area (Å²) in [6.07, 6.45) is -3.37. The topological polar surface area (TPSA) is 50.4 Å². The summed E-state index contributed by atoms with van der Waals surface area (Å²) in [5.41, 5.74) is 5.59. The summed E-state index contributed by atoms with van der Waals surface area (Å²) in [4.78, 5) is 4.03. The maximum absolute atomic E-state index is 12.3. The van der Waals surface area contributed by atoms with Gasteiger partial charge in [-0.1, -0.05) is 19.1 Å². The molecule has 3 nitrogen and oxygen atoms in total. The Morgan fingerprint density at radius 1 is 1.28 bits per heavy atom. The number of nitrogens with zero attached hydrogens (tertiary/aromatic N) is 1. The number of halogens is 3. The van der Waals surface area contributed by atoms with E-state index in [1.54, 1.807) is 0 Å². The van der Waals surface area contributed by atoms with E-state index >= 15 is 0 Å². The number of hydrogen-bond donors (Lipinski definition) is 2. The zero-order valence-corrected chi connectivity index (χ0v) is 10.1. The molecule has 0 aliphatic carbocycles. The molecule has 18 heavy (non-hydrogen) atoms. The van der Waals surface area contributed by atoms with Crippen LogP contribution in [0.2, 0.25) is 0 Å². The van der Waals surface area contributed by atoms with Crippen molar-refractivity contribution in [2.24, 2.45) is 10.7 Å². The van der Waals surface area contributed by atoms with Crippen LogP contribution in [0.25, 0.3) is 0 Å². The molecule has 0 atom stereocenters. The molecule has 3 N–H and O–H groups in total. The maximum Gasteiger partial charge on any atom is 0.416 e. The molecule has 0 bridgehead atoms. The summed E-state index contributed by atoms with van der Waals surface area (Å²) in [6.45, 7) is 2.99. The minimum atomic E-state index is -4.30. The van der Waals surface area contributed by atoms with Gasteiger partial charge in [-0.15, -0.1) is 0 Å². The van der Waals surface area contributed by atoms with Crippen LogP contribution in [0, 0.1) is 0 Å². The molecule has 0 aliphatic rings. The van der Waals surface area contributed by atoms with Crippen molar-refractivity contribution in [3.05, 3.63) is 35.4 Å². The van der Waals surface area contributed by atoms with Crippen LogP contribution in [0.4, 0.5) is 13.2 Å². The Morgan fingerprint density at radius 3 is 2.39 bits per heavy atom. The molecule has 100 valence electrons. The zero-order chi connectivity index (χ0) is 13.6. The summed E-state index contributed by atoms with van der Waals surface area (Å²) in [5.74, 6) is 0.303. The second kappa shape index (κ2) is 6.28. The standard InChI is InChI=1S/C12H16F3N3/c1-2-7-17-11(16)18-8-9-3-5-10(6-4-9)12(13,14)15/h3-6H,2,7-8H2,1H3,(H3,16,17,18). The smallest absolute Gasteiger partial charge is 0.370 e. The Kier molecular flexibility index (Phi) is 5.00. The second-order valence-corrected chi connectivity index (χ2v) is 3.82. The predicted octanol–water partition coefficient (Wildman–Crippen LogP) is 2.52. The van der Waals surface area contributed by atoms with E-state index in [9.17, 15) is 13.2 Å². The van der Waals surface area contributed by atoms with Gasteiger partial charge in [0.25, 0.3) is 0 Å². The Balaban J connectivity index is 2.59. The third-order valence-corrected chi connectivity index (χ3v) is 2.27. The van der Waals surface area contributed by atoms with E-state index in [4.69, 9.17) is 5.73 Å². The first-order valence-corrected chi connectivity index (χ1v) is 5.63. The summed E-state index contributed by atoms with van der Waals surface area (Å²) in [6, 6.07) is 4.89. The van der Waals surface area contributed by atoms with Crippen LogP contribution in [-0.2, 0) is 12.7 Å². The Bertz CT molecular complexity index is 396. The summed E-state index contributed by atoms with van der Waals surface area (Å²) < 4.78 is 36.9. The Morgan fingerprint density at radius 2 is 1.89 bits per heavy atom. The van der Waals surface area contributed by atoms with Gasteiger partial charge >= 0.3 is 6.18 Å². The average Bonchev–Trinajstić information content (AvgIpc) is 2.33. The normalized spacial score (nSPS) is 12.6. The average molecular weight is 259 g/mol. The van der Waals surface area contributed by atoms with Crippen molar-refractivity contribution >= 4 is 5.96 Å². The van der Waals surface area contributed by atoms with Gasteiger partial charge in [-0.05, 0) is 24.1 Å². The molecule has 0 aromatic heterocycles. The third-order valence-electron chi connectivity index (χ3n) is 2.27. The monoisotopic (exact) mass is 259 g/mol. The van der Waals surface area contributed by atoms with Crippen molar-refractivity contribution in [3.63, 3.8) is 0 Å². The highest BCUT2D eigenvalue weighted by Gasteiger charge is 2.29. The number of guanidine groups is 1. The Hall–Kier alpha value is -1.72. The van der Waals surface area contributed by atoms with Crippen LogP contribution >= 0.6 is 0 Å². The fraction of sp³-hybridized carbons (Fsp3) is 0.417. The van der Waals surface area contributed by atoms with E-state index in [1.807, 2.05) is 6.92 Å². The quantitative estimate of drug-likeness (QED) is 0.645. The van der Waals surface area contributed by atoms with Gasteiger partial charge in [0.1, 0.15) is 0 Å². The van der Waals surface area contributed by atoms with Gasteiger partial charge in [0.2, 0.25) is 0 Å². The molecule has 0 heterocycles. The van der Waals surface area contributed by atoms with Gasteiger partial charge in [0.05, 0.1) is 12.1 Å². The number of hydrogen-bond acceptors (Lipinski definition) is 1. The van der Waals surface area contributed by atoms with Gasteiger partial charge in [-0.25, -0.2) is 4.99 Å². The highest BCUT2D eigenvalue weighted by Crippen LogP contribution is 2.29. The van der Waals surface area contributed by atoms with Crippen LogP contribution in [0.5, 0.6) is 0 Å². The fourth-order valence-corrected chi connectivity index (χ4v) is 1.28. The predicted molar refractivity (Wildman–Crippen MR) is 65.1 cm³/mol. The zero-order valence-electron chi connectivity index (χ0n) is 10.1. The molecule has 1 aromatic rings. The highest BCUT2D eigenvalue weighted by molar-refractivity contribution is 5.77. The maximum atomic E-state index is 12.3. The fourth-order valence-electron chi connectivity index (χ4n) is 1.28. The van der Waals surface area contributed by atoms with Crippen molar-refractivity contribution < 1.29 is 13.2 Å². The van der Waals surface area contributed by atoms with Gasteiger partial charge in [-0.3, -0.25) is 0 Å². The first-order chi connectivity index (χ1) is 8.43. The van der Waals surface area contributed by atoms with Gasteiger partial charge in [-0.2, -0.15) is 13.2 Å². The number of rotatable bonds is 4. The largest absolute Gasteiger partial charge is 0.416 e. The SMILES string of the molecule is CCCNC(N)=NCc1ccc(C(F)(F)F)cc1. The van der Waals surface area contributed by atoms with E-state index < -0.39 is 11.7 Å². The van der Waals surface area contributed by atoms with Crippen LogP contribution in [0.3, 0.4) is 0 Å². The van der Waals surface area contributed by atoms with E-state index in [1.165, 1.54) is 12.1 Å². The first-order valence-electron chi connectivity index (χ1n) is 5.63. The van der Waals surface area contributed by atoms with Gasteiger partial charge in [0.15, 0.2) is 5.96 Å². The molecule has 1 aromatic carbocycles. The summed E-state index contributed by atoms with van der Waals surface area (Å²) >= 11 is 0. The van der Waals surface area contributed by atoms with Crippen molar-refractivity contribution in [3.8, 4) is 0 Å².